The van der Waals surface area contributed by atoms with Crippen LogP contribution in [0.15, 0.2) is 0 Å². The zero-order valence-corrected chi connectivity index (χ0v) is 19.0. The van der Waals surface area contributed by atoms with Crippen LogP contribution in [-0.2, 0) is 0 Å². The summed E-state index contributed by atoms with van der Waals surface area (Å²) in [6, 6.07) is 0. The van der Waals surface area contributed by atoms with Gasteiger partial charge in [-0.25, -0.2) is 0 Å². The van der Waals surface area contributed by atoms with Crippen molar-refractivity contribution in [1.82, 2.24) is 0 Å². The molecule has 5 fully saturated rings. The topological polar surface area (TPSA) is 0 Å². The van der Waals surface area contributed by atoms with Crippen LogP contribution in [0.4, 0.5) is 0 Å². The minimum absolute atomic E-state index is 0.898. The normalized spacial score (nSPS) is 31.7. The molecule has 0 radical (unpaired) electrons. The Morgan fingerprint density at radius 2 is 1.24 bits per heavy atom. The quantitative estimate of drug-likeness (QED) is 0.467. The summed E-state index contributed by atoms with van der Waals surface area (Å²) in [4.78, 5) is 0. The van der Waals surface area contributed by atoms with Gasteiger partial charge < -0.3 is 0 Å². The Kier molecular flexibility index (Phi) is 10.1. The highest BCUT2D eigenvalue weighted by Gasteiger charge is 2.48. The zero-order chi connectivity index (χ0) is 19.0. The van der Waals surface area contributed by atoms with Crippen molar-refractivity contribution in [3.8, 4) is 0 Å². The van der Waals surface area contributed by atoms with Gasteiger partial charge in [-0.05, 0) is 85.9 Å². The predicted molar refractivity (Wildman–Crippen MR) is 115 cm³/mol. The Morgan fingerprint density at radius 3 is 1.48 bits per heavy atom. The van der Waals surface area contributed by atoms with Crippen molar-refractivity contribution in [2.75, 3.05) is 0 Å². The predicted octanol–water partition coefficient (Wildman–Crippen LogP) is 8.74. The molecule has 0 N–H and O–H groups in total. The largest absolute Gasteiger partial charge is 0.0683 e. The number of hydrogen-bond acceptors (Lipinski definition) is 0. The molecule has 150 valence electrons. The van der Waals surface area contributed by atoms with Gasteiger partial charge in [0.05, 0.1) is 0 Å². The van der Waals surface area contributed by atoms with E-state index >= 15 is 0 Å². The highest BCUT2D eigenvalue weighted by atomic mass is 14.5. The average Bonchev–Trinajstić information content (AvgIpc) is 2.57. The molecule has 0 heteroatoms. The maximum absolute atomic E-state index is 2.41. The van der Waals surface area contributed by atoms with Gasteiger partial charge in [0.25, 0.3) is 0 Å². The van der Waals surface area contributed by atoms with Crippen LogP contribution in [0.1, 0.15) is 120 Å². The molecule has 5 aliphatic carbocycles. The molecule has 1 spiro atoms. The van der Waals surface area contributed by atoms with Gasteiger partial charge in [-0.2, -0.15) is 0 Å². The molecule has 0 nitrogen and oxygen atoms in total. The molecule has 1 unspecified atom stereocenters. The van der Waals surface area contributed by atoms with Gasteiger partial charge in [-0.3, -0.25) is 0 Å². The van der Waals surface area contributed by atoms with Crippen molar-refractivity contribution >= 4 is 0 Å². The monoisotopic (exact) mass is 350 g/mol. The molecule has 5 rings (SSSR count). The SMILES string of the molecule is CC.CC.CC(C)C1CC2(CCC2)C1.CC(C)C1CC2CCC1CC2. The number of hydrogen-bond donors (Lipinski definition) is 0. The summed E-state index contributed by atoms with van der Waals surface area (Å²) in [6.07, 6.45) is 15.5. The Balaban J connectivity index is 0.000000210. The van der Waals surface area contributed by atoms with Crippen molar-refractivity contribution in [1.29, 1.82) is 0 Å². The first-order valence-corrected chi connectivity index (χ1v) is 12.0. The standard InChI is InChI=1S/C11H20.C10H18.2C2H6/c1-8(2)11-7-9-3-5-10(11)6-4-9;1-8(2)9-6-10(7-9)4-3-5-10;2*1-2/h8-11H,3-7H2,1-2H3;8-9H,3-7H2,1-2H3;2*1-2H3. The van der Waals surface area contributed by atoms with E-state index in [0.29, 0.717) is 0 Å². The molecule has 0 amide bonds. The zero-order valence-electron chi connectivity index (χ0n) is 19.0. The smallest absolute Gasteiger partial charge is 0.0292 e. The molecule has 2 bridgehead atoms. The molecule has 5 aliphatic rings. The fourth-order valence-corrected chi connectivity index (χ4v) is 5.85. The van der Waals surface area contributed by atoms with Gasteiger partial charge >= 0.3 is 0 Å². The maximum atomic E-state index is 2.41. The second kappa shape index (κ2) is 11.0. The van der Waals surface area contributed by atoms with Gasteiger partial charge in [0, 0.05) is 0 Å². The van der Waals surface area contributed by atoms with Gasteiger partial charge in [0.1, 0.15) is 0 Å². The van der Waals surface area contributed by atoms with Crippen molar-refractivity contribution in [2.45, 2.75) is 120 Å². The van der Waals surface area contributed by atoms with E-state index in [9.17, 15) is 0 Å². The van der Waals surface area contributed by atoms with Crippen LogP contribution < -0.4 is 0 Å². The highest BCUT2D eigenvalue weighted by molar-refractivity contribution is 4.99. The van der Waals surface area contributed by atoms with Crippen LogP contribution in [0, 0.1) is 40.9 Å². The molecule has 0 aromatic rings. The first-order valence-electron chi connectivity index (χ1n) is 12.0. The minimum Gasteiger partial charge on any atom is -0.0683 e. The molecule has 25 heavy (non-hydrogen) atoms. The van der Waals surface area contributed by atoms with E-state index in [1.54, 1.807) is 57.8 Å². The summed E-state index contributed by atoms with van der Waals surface area (Å²) in [5.74, 6) is 6.30. The Labute approximate surface area is 160 Å². The lowest BCUT2D eigenvalue weighted by Crippen LogP contribution is -2.44. The summed E-state index contributed by atoms with van der Waals surface area (Å²) in [5.41, 5.74) is 0.898. The summed E-state index contributed by atoms with van der Waals surface area (Å²) in [7, 11) is 0. The van der Waals surface area contributed by atoms with Crippen LogP contribution in [0.5, 0.6) is 0 Å². The second-order valence-corrected chi connectivity index (χ2v) is 9.69. The summed E-state index contributed by atoms with van der Waals surface area (Å²) in [6.45, 7) is 17.6. The molecule has 0 saturated heterocycles. The molecule has 1 atom stereocenters. The molecular weight excluding hydrogens is 300 g/mol. The lowest BCUT2D eigenvalue weighted by atomic mass is 9.50. The van der Waals surface area contributed by atoms with Crippen LogP contribution in [0.2, 0.25) is 0 Å². The minimum atomic E-state index is 0.898. The summed E-state index contributed by atoms with van der Waals surface area (Å²) < 4.78 is 0. The van der Waals surface area contributed by atoms with Gasteiger partial charge in [-0.15, -0.1) is 0 Å². The molecule has 0 aliphatic heterocycles. The molecule has 0 heterocycles. The molecule has 0 aromatic carbocycles. The van der Waals surface area contributed by atoms with Gasteiger partial charge in [0.2, 0.25) is 0 Å². The average molecular weight is 351 g/mol. The van der Waals surface area contributed by atoms with E-state index in [0.717, 1.165) is 40.9 Å². The van der Waals surface area contributed by atoms with E-state index in [4.69, 9.17) is 0 Å². The fourth-order valence-electron chi connectivity index (χ4n) is 5.85. The lowest BCUT2D eigenvalue weighted by molar-refractivity contribution is -0.0435. The first kappa shape index (κ1) is 23.0. The van der Waals surface area contributed by atoms with E-state index in [2.05, 4.69) is 27.7 Å². The van der Waals surface area contributed by atoms with Crippen LogP contribution in [0.3, 0.4) is 0 Å². The van der Waals surface area contributed by atoms with Crippen molar-refractivity contribution in [3.63, 3.8) is 0 Å². The van der Waals surface area contributed by atoms with E-state index in [1.807, 2.05) is 27.7 Å². The highest BCUT2D eigenvalue weighted by Crippen LogP contribution is 2.60. The van der Waals surface area contributed by atoms with Gasteiger partial charge in [0.15, 0.2) is 0 Å². The maximum Gasteiger partial charge on any atom is -0.0292 e. The van der Waals surface area contributed by atoms with Crippen LogP contribution >= 0.6 is 0 Å². The second-order valence-electron chi connectivity index (χ2n) is 9.69. The lowest BCUT2D eigenvalue weighted by Gasteiger charge is -2.55. The number of rotatable bonds is 2. The van der Waals surface area contributed by atoms with Crippen molar-refractivity contribution < 1.29 is 0 Å². The van der Waals surface area contributed by atoms with Crippen molar-refractivity contribution in [2.24, 2.45) is 40.9 Å². The number of fused-ring (bicyclic) bond motifs is 3. The van der Waals surface area contributed by atoms with Crippen LogP contribution in [0.25, 0.3) is 0 Å². The van der Waals surface area contributed by atoms with E-state index < -0.39 is 0 Å². The third-order valence-corrected chi connectivity index (χ3v) is 7.71. The molecular formula is C25H50. The Morgan fingerprint density at radius 1 is 0.720 bits per heavy atom. The van der Waals surface area contributed by atoms with Crippen LogP contribution in [-0.4, -0.2) is 0 Å². The van der Waals surface area contributed by atoms with E-state index in [-0.39, 0.29) is 0 Å². The van der Waals surface area contributed by atoms with Crippen molar-refractivity contribution in [3.05, 3.63) is 0 Å². The third-order valence-electron chi connectivity index (χ3n) is 7.71. The summed E-state index contributed by atoms with van der Waals surface area (Å²) in [5, 5.41) is 0. The van der Waals surface area contributed by atoms with E-state index in [1.165, 1.54) is 6.42 Å². The molecule has 0 aromatic heterocycles. The summed E-state index contributed by atoms with van der Waals surface area (Å²) >= 11 is 0. The Bertz CT molecular complexity index is 320. The van der Waals surface area contributed by atoms with Gasteiger partial charge in [-0.1, -0.05) is 74.7 Å². The molecule has 5 saturated carbocycles. The fraction of sp³-hybridized carbons (Fsp3) is 1.00. The first-order chi connectivity index (χ1) is 12.0. The third kappa shape index (κ3) is 6.00. The Hall–Kier alpha value is 0.